The lowest BCUT2D eigenvalue weighted by Gasteiger charge is -2.17. The van der Waals surface area contributed by atoms with Crippen molar-refractivity contribution in [2.45, 2.75) is 6.18 Å². The second-order valence-corrected chi connectivity index (χ2v) is 4.06. The van der Waals surface area contributed by atoms with Crippen LogP contribution in [0, 0.1) is 0 Å². The Labute approximate surface area is 137 Å². The number of carbonyl (C=O) groups excluding carboxylic acids is 1. The largest absolute Gasteiger partial charge is 0.406 e. The molecule has 118 valence electrons. The molecule has 5 nitrogen and oxygen atoms in total. The van der Waals surface area contributed by atoms with E-state index in [9.17, 15) is 18.0 Å². The minimum atomic E-state index is -4.43. The fourth-order valence-electron chi connectivity index (χ4n) is 1.34. The van der Waals surface area contributed by atoms with E-state index in [0.29, 0.717) is 10.6 Å². The van der Waals surface area contributed by atoms with Crippen LogP contribution in [0.3, 0.4) is 0 Å². The molecular formula is C12H16F3IN4O. The Bertz CT molecular complexity index is 479. The third-order valence-electron chi connectivity index (χ3n) is 2.27. The van der Waals surface area contributed by atoms with Crippen molar-refractivity contribution in [3.05, 3.63) is 30.3 Å². The van der Waals surface area contributed by atoms with E-state index in [1.165, 1.54) is 0 Å². The predicted molar refractivity (Wildman–Crippen MR) is 85.7 cm³/mol. The summed E-state index contributed by atoms with van der Waals surface area (Å²) in [5.41, 5.74) is 6.20. The van der Waals surface area contributed by atoms with Crippen molar-refractivity contribution in [2.24, 2.45) is 10.7 Å². The zero-order chi connectivity index (χ0) is 15.2. The van der Waals surface area contributed by atoms with Gasteiger partial charge >= 0.3 is 6.18 Å². The molecule has 0 spiro atoms. The number of hydrogen-bond donors (Lipinski definition) is 2. The fourth-order valence-corrected chi connectivity index (χ4v) is 1.34. The molecule has 0 fully saturated rings. The van der Waals surface area contributed by atoms with Crippen LogP contribution in [0.15, 0.2) is 35.3 Å². The maximum atomic E-state index is 12.1. The van der Waals surface area contributed by atoms with Crippen LogP contribution in [0.5, 0.6) is 0 Å². The van der Waals surface area contributed by atoms with Gasteiger partial charge in [-0.3, -0.25) is 4.79 Å². The van der Waals surface area contributed by atoms with Gasteiger partial charge in [0.15, 0.2) is 5.96 Å². The molecule has 9 heteroatoms. The van der Waals surface area contributed by atoms with Gasteiger partial charge < -0.3 is 16.0 Å². The minimum absolute atomic E-state index is 0. The maximum absolute atomic E-state index is 12.1. The van der Waals surface area contributed by atoms with Gasteiger partial charge in [-0.2, -0.15) is 13.2 Å². The van der Waals surface area contributed by atoms with Crippen molar-refractivity contribution in [1.82, 2.24) is 4.90 Å². The molecule has 0 unspecified atom stereocenters. The van der Waals surface area contributed by atoms with Gasteiger partial charge in [-0.25, -0.2) is 4.99 Å². The molecule has 1 aromatic rings. The van der Waals surface area contributed by atoms with E-state index in [1.807, 2.05) is 6.07 Å². The van der Waals surface area contributed by atoms with Crippen LogP contribution in [0.4, 0.5) is 18.9 Å². The molecule has 1 aromatic carbocycles. The number of benzene rings is 1. The van der Waals surface area contributed by atoms with E-state index in [-0.39, 0.29) is 29.9 Å². The molecule has 3 N–H and O–H groups in total. The van der Waals surface area contributed by atoms with E-state index in [0.717, 1.165) is 7.05 Å². The van der Waals surface area contributed by atoms with Crippen LogP contribution < -0.4 is 11.1 Å². The van der Waals surface area contributed by atoms with E-state index in [4.69, 9.17) is 5.73 Å². The normalized spacial score (nSPS) is 11.5. The van der Waals surface area contributed by atoms with Gasteiger partial charge in [0.05, 0.1) is 0 Å². The smallest absolute Gasteiger partial charge is 0.370 e. The average molecular weight is 416 g/mol. The minimum Gasteiger partial charge on any atom is -0.370 e. The molecule has 0 radical (unpaired) electrons. The Hall–Kier alpha value is -1.52. The van der Waals surface area contributed by atoms with Gasteiger partial charge in [-0.15, -0.1) is 24.0 Å². The average Bonchev–Trinajstić information content (AvgIpc) is 2.35. The topological polar surface area (TPSA) is 70.7 Å². The van der Waals surface area contributed by atoms with Gasteiger partial charge in [0.2, 0.25) is 5.91 Å². The lowest BCUT2D eigenvalue weighted by atomic mass is 10.3. The molecule has 1 amide bonds. The number of nitrogens with one attached hydrogen (secondary N) is 1. The SMILES string of the molecule is CN(CC(F)(F)F)C(=O)CN=C(N)Nc1ccccc1.I. The summed E-state index contributed by atoms with van der Waals surface area (Å²) in [6.45, 7) is -1.76. The molecule has 0 atom stereocenters. The Morgan fingerprint density at radius 3 is 2.43 bits per heavy atom. The molecule has 0 aliphatic carbocycles. The van der Waals surface area contributed by atoms with Crippen molar-refractivity contribution >= 4 is 41.5 Å². The zero-order valence-electron chi connectivity index (χ0n) is 11.2. The van der Waals surface area contributed by atoms with Gasteiger partial charge in [0, 0.05) is 12.7 Å². The quantitative estimate of drug-likeness (QED) is 0.449. The van der Waals surface area contributed by atoms with Crippen LogP contribution in [0.25, 0.3) is 0 Å². The highest BCUT2D eigenvalue weighted by molar-refractivity contribution is 14.0. The molecule has 0 saturated carbocycles. The fraction of sp³-hybridized carbons (Fsp3) is 0.333. The van der Waals surface area contributed by atoms with Crippen LogP contribution in [-0.2, 0) is 4.79 Å². The van der Waals surface area contributed by atoms with Crippen molar-refractivity contribution in [1.29, 1.82) is 0 Å². The van der Waals surface area contributed by atoms with Crippen LogP contribution in [-0.4, -0.2) is 43.1 Å². The zero-order valence-corrected chi connectivity index (χ0v) is 13.6. The van der Waals surface area contributed by atoms with Gasteiger partial charge in [-0.05, 0) is 12.1 Å². The number of hydrogen-bond acceptors (Lipinski definition) is 2. The maximum Gasteiger partial charge on any atom is 0.406 e. The standard InChI is InChI=1S/C12H15F3N4O.HI/c1-19(8-12(13,14)15)10(20)7-17-11(16)18-9-5-3-2-4-6-9;/h2-6H,7-8H2,1H3,(H3,16,17,18);1H. The summed E-state index contributed by atoms with van der Waals surface area (Å²) < 4.78 is 36.3. The molecule has 1 rings (SSSR count). The number of para-hydroxylation sites is 1. The number of nitrogens with two attached hydrogens (primary N) is 1. The number of guanidine groups is 1. The summed E-state index contributed by atoms with van der Waals surface area (Å²) in [4.78, 5) is 15.7. The number of carbonyl (C=O) groups is 1. The number of nitrogens with zero attached hydrogens (tertiary/aromatic N) is 2. The van der Waals surface area contributed by atoms with Crippen molar-refractivity contribution in [2.75, 3.05) is 25.5 Å². The van der Waals surface area contributed by atoms with Crippen LogP contribution in [0.2, 0.25) is 0 Å². The van der Waals surface area contributed by atoms with Crippen molar-refractivity contribution < 1.29 is 18.0 Å². The highest BCUT2D eigenvalue weighted by Crippen LogP contribution is 2.15. The van der Waals surface area contributed by atoms with Gasteiger partial charge in [0.25, 0.3) is 0 Å². The Balaban J connectivity index is 0.00000400. The van der Waals surface area contributed by atoms with Gasteiger partial charge in [0.1, 0.15) is 13.1 Å². The Morgan fingerprint density at radius 1 is 1.33 bits per heavy atom. The predicted octanol–water partition coefficient (Wildman–Crippen LogP) is 2.05. The summed E-state index contributed by atoms with van der Waals surface area (Å²) in [5, 5.41) is 2.72. The summed E-state index contributed by atoms with van der Waals surface area (Å²) in [5.74, 6) is -0.801. The first kappa shape index (κ1) is 19.5. The first-order valence-electron chi connectivity index (χ1n) is 5.70. The third kappa shape index (κ3) is 8.38. The number of likely N-dealkylation sites (N-methyl/N-ethyl adjacent to an activating group) is 1. The molecule has 0 saturated heterocycles. The second kappa shape index (κ2) is 8.70. The Morgan fingerprint density at radius 2 is 1.90 bits per heavy atom. The summed E-state index contributed by atoms with van der Waals surface area (Å²) in [7, 11) is 1.06. The molecule has 0 heterocycles. The van der Waals surface area contributed by atoms with E-state index < -0.39 is 25.2 Å². The number of alkyl halides is 3. The first-order valence-corrected chi connectivity index (χ1v) is 5.70. The van der Waals surface area contributed by atoms with E-state index in [2.05, 4.69) is 10.3 Å². The molecule has 0 aliphatic rings. The number of anilines is 1. The molecule has 0 bridgehead atoms. The lowest BCUT2D eigenvalue weighted by molar-refractivity contribution is -0.157. The second-order valence-electron chi connectivity index (χ2n) is 4.06. The lowest BCUT2D eigenvalue weighted by Crippen LogP contribution is -2.37. The molecule has 0 aliphatic heterocycles. The number of rotatable bonds is 4. The number of aliphatic imine (C=N–C) groups is 1. The molecular weight excluding hydrogens is 400 g/mol. The summed E-state index contributed by atoms with van der Waals surface area (Å²) in [6.07, 6.45) is -4.43. The molecule has 21 heavy (non-hydrogen) atoms. The van der Waals surface area contributed by atoms with Gasteiger partial charge in [-0.1, -0.05) is 18.2 Å². The molecule has 0 aromatic heterocycles. The van der Waals surface area contributed by atoms with Crippen molar-refractivity contribution in [3.63, 3.8) is 0 Å². The summed E-state index contributed by atoms with van der Waals surface area (Å²) >= 11 is 0. The monoisotopic (exact) mass is 416 g/mol. The Kier molecular flexibility index (Phi) is 8.07. The van der Waals surface area contributed by atoms with E-state index >= 15 is 0 Å². The highest BCUT2D eigenvalue weighted by atomic mass is 127. The number of halogens is 4. The summed E-state index contributed by atoms with van der Waals surface area (Å²) in [6, 6.07) is 8.84. The number of amides is 1. The highest BCUT2D eigenvalue weighted by Gasteiger charge is 2.30. The van der Waals surface area contributed by atoms with Crippen LogP contribution in [0.1, 0.15) is 0 Å². The third-order valence-corrected chi connectivity index (χ3v) is 2.27. The first-order chi connectivity index (χ1) is 9.28. The van der Waals surface area contributed by atoms with E-state index in [1.54, 1.807) is 24.3 Å². The van der Waals surface area contributed by atoms with Crippen LogP contribution >= 0.6 is 24.0 Å². The van der Waals surface area contributed by atoms with Crippen molar-refractivity contribution in [3.8, 4) is 0 Å².